The lowest BCUT2D eigenvalue weighted by Crippen LogP contribution is -2.32. The van der Waals surface area contributed by atoms with Crippen molar-refractivity contribution >= 4 is 22.7 Å². The van der Waals surface area contributed by atoms with Gasteiger partial charge in [-0.05, 0) is 43.2 Å². The van der Waals surface area contributed by atoms with Crippen LogP contribution < -0.4 is 5.32 Å². The fourth-order valence-corrected chi connectivity index (χ4v) is 4.02. The number of hydrogen-bond donors (Lipinski definition) is 2. The molecular formula is C15H20N2S. The summed E-state index contributed by atoms with van der Waals surface area (Å²) in [7, 11) is 0. The predicted molar refractivity (Wildman–Crippen MR) is 80.1 cm³/mol. The van der Waals surface area contributed by atoms with Crippen molar-refractivity contribution in [3.8, 4) is 0 Å². The zero-order chi connectivity index (χ0) is 12.4. The molecule has 0 spiro atoms. The molecule has 0 aliphatic carbocycles. The van der Waals surface area contributed by atoms with Crippen LogP contribution in [0.2, 0.25) is 0 Å². The Morgan fingerprint density at radius 3 is 3.17 bits per heavy atom. The van der Waals surface area contributed by atoms with Crippen LogP contribution in [0, 0.1) is 0 Å². The standard InChI is InChI=1S/C15H20N2S/c1-15(7-3-9-18-15)11-16-10-12-4-2-5-14-13(12)6-8-17-14/h2,4-6,8,16-17H,3,7,9-11H2,1H3. The Bertz CT molecular complexity index is 526. The molecule has 2 N–H and O–H groups in total. The van der Waals surface area contributed by atoms with Gasteiger partial charge in [-0.25, -0.2) is 0 Å². The first-order valence-electron chi connectivity index (χ1n) is 6.67. The Kier molecular flexibility index (Phi) is 3.35. The third-order valence-corrected chi connectivity index (χ3v) is 5.34. The van der Waals surface area contributed by atoms with Gasteiger partial charge in [-0.2, -0.15) is 11.8 Å². The SMILES string of the molecule is CC1(CNCc2cccc3[nH]ccc23)CCCS1. The summed E-state index contributed by atoms with van der Waals surface area (Å²) < 4.78 is 0.450. The van der Waals surface area contributed by atoms with Crippen molar-refractivity contribution in [3.63, 3.8) is 0 Å². The van der Waals surface area contributed by atoms with E-state index in [1.165, 1.54) is 35.1 Å². The van der Waals surface area contributed by atoms with Crippen LogP contribution in [0.15, 0.2) is 30.5 Å². The first kappa shape index (κ1) is 12.1. The zero-order valence-corrected chi connectivity index (χ0v) is 11.6. The van der Waals surface area contributed by atoms with Gasteiger partial charge in [0.25, 0.3) is 0 Å². The molecule has 1 aliphatic heterocycles. The average Bonchev–Trinajstić information content (AvgIpc) is 2.98. The Balaban J connectivity index is 1.64. The highest BCUT2D eigenvalue weighted by Crippen LogP contribution is 2.37. The van der Waals surface area contributed by atoms with E-state index in [1.807, 2.05) is 6.20 Å². The Morgan fingerprint density at radius 1 is 1.39 bits per heavy atom. The van der Waals surface area contributed by atoms with E-state index in [4.69, 9.17) is 0 Å². The molecule has 1 aliphatic rings. The molecule has 2 nitrogen and oxygen atoms in total. The molecule has 0 radical (unpaired) electrons. The van der Waals surface area contributed by atoms with Gasteiger partial charge < -0.3 is 10.3 Å². The van der Waals surface area contributed by atoms with Crippen LogP contribution >= 0.6 is 11.8 Å². The van der Waals surface area contributed by atoms with Gasteiger partial charge in [0.05, 0.1) is 0 Å². The monoisotopic (exact) mass is 260 g/mol. The number of benzene rings is 1. The molecule has 18 heavy (non-hydrogen) atoms. The molecule has 1 aromatic carbocycles. The van der Waals surface area contributed by atoms with Crippen molar-refractivity contribution in [1.29, 1.82) is 0 Å². The molecule has 1 saturated heterocycles. The largest absolute Gasteiger partial charge is 0.361 e. The molecule has 0 bridgehead atoms. The minimum Gasteiger partial charge on any atom is -0.361 e. The van der Waals surface area contributed by atoms with Gasteiger partial charge in [-0.15, -0.1) is 0 Å². The average molecular weight is 260 g/mol. The van der Waals surface area contributed by atoms with Crippen LogP contribution in [0.25, 0.3) is 10.9 Å². The van der Waals surface area contributed by atoms with Crippen molar-refractivity contribution in [3.05, 3.63) is 36.0 Å². The molecule has 0 amide bonds. The number of nitrogens with one attached hydrogen (secondary N) is 2. The van der Waals surface area contributed by atoms with Gasteiger partial charge in [0.15, 0.2) is 0 Å². The van der Waals surface area contributed by atoms with E-state index in [1.54, 1.807) is 0 Å². The normalized spacial score (nSPS) is 23.8. The fraction of sp³-hybridized carbons (Fsp3) is 0.467. The number of rotatable bonds is 4. The second-order valence-electron chi connectivity index (χ2n) is 5.36. The molecule has 2 heterocycles. The first-order chi connectivity index (χ1) is 8.77. The number of aromatic nitrogens is 1. The minimum absolute atomic E-state index is 0.450. The third-order valence-electron chi connectivity index (χ3n) is 3.80. The summed E-state index contributed by atoms with van der Waals surface area (Å²) in [5.41, 5.74) is 2.62. The van der Waals surface area contributed by atoms with Gasteiger partial charge in [-0.1, -0.05) is 12.1 Å². The van der Waals surface area contributed by atoms with Crippen molar-refractivity contribution in [1.82, 2.24) is 10.3 Å². The van der Waals surface area contributed by atoms with Crippen LogP contribution in [0.3, 0.4) is 0 Å². The molecule has 3 heteroatoms. The molecule has 3 rings (SSSR count). The third kappa shape index (κ3) is 2.43. The van der Waals surface area contributed by atoms with E-state index in [9.17, 15) is 0 Å². The van der Waals surface area contributed by atoms with Gasteiger partial charge in [0, 0.05) is 34.9 Å². The maximum absolute atomic E-state index is 3.63. The number of aromatic amines is 1. The smallest absolute Gasteiger partial charge is 0.0457 e. The molecule has 1 unspecified atom stereocenters. The molecular weight excluding hydrogens is 240 g/mol. The van der Waals surface area contributed by atoms with Crippen molar-refractivity contribution in [2.24, 2.45) is 0 Å². The number of fused-ring (bicyclic) bond motifs is 1. The van der Waals surface area contributed by atoms with Crippen LogP contribution in [-0.2, 0) is 6.54 Å². The lowest BCUT2D eigenvalue weighted by Gasteiger charge is -2.23. The predicted octanol–water partition coefficient (Wildman–Crippen LogP) is 3.54. The van der Waals surface area contributed by atoms with Crippen LogP contribution in [-0.4, -0.2) is 22.0 Å². The van der Waals surface area contributed by atoms with Gasteiger partial charge in [0.2, 0.25) is 0 Å². The molecule has 1 fully saturated rings. The topological polar surface area (TPSA) is 27.8 Å². The summed E-state index contributed by atoms with van der Waals surface area (Å²) in [6, 6.07) is 8.64. The lowest BCUT2D eigenvalue weighted by molar-refractivity contribution is 0.538. The van der Waals surface area contributed by atoms with Crippen molar-refractivity contribution < 1.29 is 0 Å². The maximum atomic E-state index is 3.63. The van der Waals surface area contributed by atoms with E-state index < -0.39 is 0 Å². The highest BCUT2D eigenvalue weighted by Gasteiger charge is 2.28. The molecule has 96 valence electrons. The molecule has 2 aromatic rings. The van der Waals surface area contributed by atoms with E-state index >= 15 is 0 Å². The maximum Gasteiger partial charge on any atom is 0.0457 e. The molecule has 0 saturated carbocycles. The summed E-state index contributed by atoms with van der Waals surface area (Å²) >= 11 is 2.12. The van der Waals surface area contributed by atoms with Gasteiger partial charge >= 0.3 is 0 Å². The first-order valence-corrected chi connectivity index (χ1v) is 7.65. The van der Waals surface area contributed by atoms with E-state index in [2.05, 4.69) is 53.3 Å². The summed E-state index contributed by atoms with van der Waals surface area (Å²) in [5, 5.41) is 4.97. The minimum atomic E-state index is 0.450. The molecule has 1 aromatic heterocycles. The van der Waals surface area contributed by atoms with Gasteiger partial charge in [0.1, 0.15) is 0 Å². The quantitative estimate of drug-likeness (QED) is 0.880. The lowest BCUT2D eigenvalue weighted by atomic mass is 10.1. The summed E-state index contributed by atoms with van der Waals surface area (Å²) in [4.78, 5) is 3.27. The number of thioether (sulfide) groups is 1. The highest BCUT2D eigenvalue weighted by atomic mass is 32.2. The van der Waals surface area contributed by atoms with E-state index in [-0.39, 0.29) is 0 Å². The summed E-state index contributed by atoms with van der Waals surface area (Å²) in [6.07, 6.45) is 4.73. The van der Waals surface area contributed by atoms with Crippen LogP contribution in [0.4, 0.5) is 0 Å². The molecule has 1 atom stereocenters. The van der Waals surface area contributed by atoms with Crippen molar-refractivity contribution in [2.45, 2.75) is 31.1 Å². The Labute approximate surface area is 113 Å². The summed E-state index contributed by atoms with van der Waals surface area (Å²) in [5.74, 6) is 1.32. The van der Waals surface area contributed by atoms with Crippen molar-refractivity contribution in [2.75, 3.05) is 12.3 Å². The van der Waals surface area contributed by atoms with Crippen LogP contribution in [0.5, 0.6) is 0 Å². The number of hydrogen-bond acceptors (Lipinski definition) is 2. The Hall–Kier alpha value is -0.930. The summed E-state index contributed by atoms with van der Waals surface area (Å²) in [6.45, 7) is 4.46. The number of H-pyrrole nitrogens is 1. The highest BCUT2D eigenvalue weighted by molar-refractivity contribution is 8.00. The fourth-order valence-electron chi connectivity index (χ4n) is 2.74. The van der Waals surface area contributed by atoms with E-state index in [0.29, 0.717) is 4.75 Å². The second-order valence-corrected chi connectivity index (χ2v) is 7.04. The Morgan fingerprint density at radius 2 is 2.33 bits per heavy atom. The van der Waals surface area contributed by atoms with Gasteiger partial charge in [-0.3, -0.25) is 0 Å². The van der Waals surface area contributed by atoms with Crippen LogP contribution in [0.1, 0.15) is 25.3 Å². The second kappa shape index (κ2) is 4.98. The van der Waals surface area contributed by atoms with E-state index in [0.717, 1.165) is 13.1 Å². The zero-order valence-electron chi connectivity index (χ0n) is 10.8.